The summed E-state index contributed by atoms with van der Waals surface area (Å²) in [5.74, 6) is 1.18. The van der Waals surface area contributed by atoms with Crippen LogP contribution < -0.4 is 10.5 Å². The Morgan fingerprint density at radius 2 is 2.11 bits per heavy atom. The van der Waals surface area contributed by atoms with Crippen LogP contribution in [0.15, 0.2) is 22.7 Å². The Hall–Kier alpha value is -1.07. The predicted octanol–water partition coefficient (Wildman–Crippen LogP) is 4.29. The molecule has 0 radical (unpaired) electrons. The van der Waals surface area contributed by atoms with E-state index in [1.165, 1.54) is 0 Å². The van der Waals surface area contributed by atoms with Crippen molar-refractivity contribution in [1.29, 1.82) is 0 Å². The Morgan fingerprint density at radius 1 is 1.39 bits per heavy atom. The monoisotopic (exact) mass is 326 g/mol. The molecule has 0 spiro atoms. The lowest BCUT2D eigenvalue weighted by molar-refractivity contribution is 0.415. The molecule has 0 atom stereocenters. The van der Waals surface area contributed by atoms with Crippen LogP contribution in [0, 0.1) is 0 Å². The first kappa shape index (κ1) is 13.4. The molecular weight excluding hydrogens is 312 g/mol. The first-order valence-corrected chi connectivity index (χ1v) is 7.24. The number of nitrogen functional groups attached to an aromatic ring is 1. The molecule has 0 fully saturated rings. The molecule has 1 heterocycles. The minimum absolute atomic E-state index is 0.385. The van der Waals surface area contributed by atoms with Gasteiger partial charge in [0.2, 0.25) is 0 Å². The highest BCUT2D eigenvalue weighted by Gasteiger charge is 2.15. The number of nitrogens with two attached hydrogens (primary N) is 1. The van der Waals surface area contributed by atoms with E-state index in [9.17, 15) is 0 Å². The summed E-state index contributed by atoms with van der Waals surface area (Å²) in [6.45, 7) is 4.23. The van der Waals surface area contributed by atoms with Gasteiger partial charge in [-0.1, -0.05) is 29.8 Å². The molecule has 0 aliphatic heterocycles. The number of benzene rings is 1. The topological polar surface area (TPSA) is 48.1 Å². The van der Waals surface area contributed by atoms with E-state index in [1.54, 1.807) is 18.4 Å². The fourth-order valence-corrected chi connectivity index (χ4v) is 2.89. The quantitative estimate of drug-likeness (QED) is 0.915. The van der Waals surface area contributed by atoms with Crippen molar-refractivity contribution in [3.63, 3.8) is 0 Å². The van der Waals surface area contributed by atoms with Crippen LogP contribution in [0.4, 0.5) is 5.00 Å². The highest BCUT2D eigenvalue weighted by molar-refractivity contribution is 9.10. The Kier molecular flexibility index (Phi) is 3.92. The molecule has 96 valence electrons. The number of thiazole rings is 1. The van der Waals surface area contributed by atoms with E-state index in [-0.39, 0.29) is 0 Å². The number of aromatic nitrogens is 1. The summed E-state index contributed by atoms with van der Waals surface area (Å²) < 4.78 is 6.21. The van der Waals surface area contributed by atoms with Gasteiger partial charge in [0.25, 0.3) is 0 Å². The van der Waals surface area contributed by atoms with Gasteiger partial charge in [0.1, 0.15) is 16.4 Å². The number of rotatable bonds is 3. The van der Waals surface area contributed by atoms with Gasteiger partial charge in [0.05, 0.1) is 12.1 Å². The van der Waals surface area contributed by atoms with Crippen molar-refractivity contribution in [3.05, 3.63) is 27.7 Å². The van der Waals surface area contributed by atoms with Crippen LogP contribution in [0.2, 0.25) is 0 Å². The molecule has 5 heteroatoms. The minimum Gasteiger partial charge on any atom is -0.497 e. The van der Waals surface area contributed by atoms with E-state index in [0.717, 1.165) is 31.5 Å². The second-order valence-electron chi connectivity index (χ2n) is 4.27. The molecule has 2 N–H and O–H groups in total. The summed E-state index contributed by atoms with van der Waals surface area (Å²) in [5, 5.41) is 1.80. The standard InChI is InChI=1S/C13H15BrN2OS/c1-7(2)13-16-11(12(15)18-13)9-6-8(17-3)4-5-10(9)14/h4-7H,15H2,1-3H3. The van der Waals surface area contributed by atoms with Crippen molar-refractivity contribution in [1.82, 2.24) is 4.98 Å². The van der Waals surface area contributed by atoms with Crippen LogP contribution in [-0.2, 0) is 0 Å². The van der Waals surface area contributed by atoms with Crippen LogP contribution in [-0.4, -0.2) is 12.1 Å². The highest BCUT2D eigenvalue weighted by Crippen LogP contribution is 2.38. The van der Waals surface area contributed by atoms with Crippen molar-refractivity contribution < 1.29 is 4.74 Å². The van der Waals surface area contributed by atoms with Crippen molar-refractivity contribution >= 4 is 32.3 Å². The molecule has 0 aliphatic carbocycles. The van der Waals surface area contributed by atoms with Gasteiger partial charge in [-0.15, -0.1) is 11.3 Å². The Balaban J connectivity index is 2.54. The maximum absolute atomic E-state index is 6.07. The van der Waals surface area contributed by atoms with E-state index in [4.69, 9.17) is 10.5 Å². The molecule has 0 saturated carbocycles. The fourth-order valence-electron chi connectivity index (χ4n) is 1.60. The van der Waals surface area contributed by atoms with E-state index in [0.29, 0.717) is 5.92 Å². The van der Waals surface area contributed by atoms with Gasteiger partial charge in [-0.3, -0.25) is 0 Å². The molecule has 2 aromatic rings. The molecule has 18 heavy (non-hydrogen) atoms. The van der Waals surface area contributed by atoms with E-state index >= 15 is 0 Å². The zero-order valence-corrected chi connectivity index (χ0v) is 12.9. The minimum atomic E-state index is 0.385. The summed E-state index contributed by atoms with van der Waals surface area (Å²) in [7, 11) is 1.65. The number of ether oxygens (including phenoxy) is 1. The number of methoxy groups -OCH3 is 1. The molecule has 1 aromatic carbocycles. The molecular formula is C13H15BrN2OS. The molecule has 3 nitrogen and oxygen atoms in total. The lowest BCUT2D eigenvalue weighted by Gasteiger charge is -2.06. The average Bonchev–Trinajstić information content (AvgIpc) is 2.72. The van der Waals surface area contributed by atoms with Crippen molar-refractivity contribution in [2.45, 2.75) is 19.8 Å². The van der Waals surface area contributed by atoms with E-state index < -0.39 is 0 Å². The van der Waals surface area contributed by atoms with Gasteiger partial charge in [-0.2, -0.15) is 0 Å². The van der Waals surface area contributed by atoms with E-state index in [2.05, 4.69) is 34.8 Å². The fraction of sp³-hybridized carbons (Fsp3) is 0.308. The molecule has 2 rings (SSSR count). The number of nitrogens with zero attached hydrogens (tertiary/aromatic N) is 1. The number of anilines is 1. The largest absolute Gasteiger partial charge is 0.497 e. The lowest BCUT2D eigenvalue weighted by atomic mass is 10.1. The second-order valence-corrected chi connectivity index (χ2v) is 6.18. The summed E-state index contributed by atoms with van der Waals surface area (Å²) in [6.07, 6.45) is 0. The van der Waals surface area contributed by atoms with Gasteiger partial charge >= 0.3 is 0 Å². The summed E-state index contributed by atoms with van der Waals surface area (Å²) in [5.41, 5.74) is 7.86. The first-order chi connectivity index (χ1) is 8.52. The van der Waals surface area contributed by atoms with Crippen LogP contribution in [0.5, 0.6) is 5.75 Å². The van der Waals surface area contributed by atoms with Crippen molar-refractivity contribution in [2.24, 2.45) is 0 Å². The average molecular weight is 327 g/mol. The van der Waals surface area contributed by atoms with Gasteiger partial charge < -0.3 is 10.5 Å². The third-order valence-corrected chi connectivity index (χ3v) is 4.47. The zero-order chi connectivity index (χ0) is 13.3. The number of hydrogen-bond acceptors (Lipinski definition) is 4. The molecule has 0 saturated heterocycles. The zero-order valence-electron chi connectivity index (χ0n) is 10.5. The van der Waals surface area contributed by atoms with Crippen LogP contribution in [0.1, 0.15) is 24.8 Å². The van der Waals surface area contributed by atoms with Crippen molar-refractivity contribution in [3.8, 4) is 17.0 Å². The lowest BCUT2D eigenvalue weighted by Crippen LogP contribution is -1.90. The van der Waals surface area contributed by atoms with Gasteiger partial charge in [-0.25, -0.2) is 4.98 Å². The highest BCUT2D eigenvalue weighted by atomic mass is 79.9. The van der Waals surface area contributed by atoms with Gasteiger partial charge in [0.15, 0.2) is 0 Å². The molecule has 0 amide bonds. The maximum atomic E-state index is 6.07. The molecule has 0 aliphatic rings. The Bertz CT molecular complexity index is 566. The molecule has 1 aromatic heterocycles. The van der Waals surface area contributed by atoms with Crippen LogP contribution >= 0.6 is 27.3 Å². The third-order valence-electron chi connectivity index (χ3n) is 2.59. The summed E-state index contributed by atoms with van der Waals surface area (Å²) in [4.78, 5) is 4.62. The van der Waals surface area contributed by atoms with Crippen LogP contribution in [0.25, 0.3) is 11.3 Å². The first-order valence-electron chi connectivity index (χ1n) is 5.63. The van der Waals surface area contributed by atoms with Crippen molar-refractivity contribution in [2.75, 3.05) is 12.8 Å². The SMILES string of the molecule is COc1ccc(Br)c(-c2nc(C(C)C)sc2N)c1. The molecule has 0 unspecified atom stereocenters. The predicted molar refractivity (Wildman–Crippen MR) is 80.3 cm³/mol. The summed E-state index contributed by atoms with van der Waals surface area (Å²) in [6, 6.07) is 5.79. The smallest absolute Gasteiger partial charge is 0.119 e. The number of halogens is 1. The summed E-state index contributed by atoms with van der Waals surface area (Å²) >= 11 is 5.07. The van der Waals surface area contributed by atoms with Gasteiger partial charge in [0, 0.05) is 16.0 Å². The van der Waals surface area contributed by atoms with E-state index in [1.807, 2.05) is 18.2 Å². The Morgan fingerprint density at radius 3 is 2.67 bits per heavy atom. The van der Waals surface area contributed by atoms with Crippen LogP contribution in [0.3, 0.4) is 0 Å². The molecule has 0 bridgehead atoms. The second kappa shape index (κ2) is 5.28. The normalized spacial score (nSPS) is 10.9. The van der Waals surface area contributed by atoms with Gasteiger partial charge in [-0.05, 0) is 18.2 Å². The Labute approximate surface area is 119 Å². The maximum Gasteiger partial charge on any atom is 0.119 e. The number of hydrogen-bond donors (Lipinski definition) is 1. The third kappa shape index (κ3) is 2.52.